The Bertz CT molecular complexity index is 494. The first-order chi connectivity index (χ1) is 10.8. The maximum Gasteiger partial charge on any atom is 0.224 e. The van der Waals surface area contributed by atoms with E-state index in [-0.39, 0.29) is 12.0 Å². The molecule has 120 valence electrons. The van der Waals surface area contributed by atoms with Crippen LogP contribution in [0.2, 0.25) is 0 Å². The quantitative estimate of drug-likeness (QED) is 0.846. The van der Waals surface area contributed by atoms with Crippen LogP contribution in [0.25, 0.3) is 0 Å². The standard InChI is InChI=1S/C17H24N2O3/c20-17(6-5-13-7-9-18-11-13)19-15-3-1-2-4-16(15)22-14-8-10-21-12-14/h1-4,13-14,18H,5-12H2,(H,19,20). The molecule has 22 heavy (non-hydrogen) atoms. The smallest absolute Gasteiger partial charge is 0.224 e. The fourth-order valence-electron chi connectivity index (χ4n) is 2.97. The van der Waals surface area contributed by atoms with Crippen molar-refractivity contribution in [2.75, 3.05) is 31.6 Å². The molecule has 0 spiro atoms. The van der Waals surface area contributed by atoms with Crippen molar-refractivity contribution in [1.29, 1.82) is 0 Å². The molecule has 2 N–H and O–H groups in total. The Morgan fingerprint density at radius 2 is 2.27 bits per heavy atom. The Balaban J connectivity index is 1.53. The van der Waals surface area contributed by atoms with E-state index in [4.69, 9.17) is 9.47 Å². The Kier molecular flexibility index (Phi) is 5.29. The predicted octanol–water partition coefficient (Wildman–Crippen LogP) is 2.18. The zero-order valence-corrected chi connectivity index (χ0v) is 12.8. The van der Waals surface area contributed by atoms with Crippen LogP contribution in [0.1, 0.15) is 25.7 Å². The molecule has 0 bridgehead atoms. The minimum Gasteiger partial charge on any atom is -0.486 e. The monoisotopic (exact) mass is 304 g/mol. The Hall–Kier alpha value is -1.59. The topological polar surface area (TPSA) is 59.6 Å². The maximum atomic E-state index is 12.1. The van der Waals surface area contributed by atoms with Gasteiger partial charge in [0.15, 0.2) is 0 Å². The average Bonchev–Trinajstić information content (AvgIpc) is 3.20. The fraction of sp³-hybridized carbons (Fsp3) is 0.588. The summed E-state index contributed by atoms with van der Waals surface area (Å²) in [6.07, 6.45) is 3.67. The van der Waals surface area contributed by atoms with Crippen molar-refractivity contribution in [2.45, 2.75) is 31.8 Å². The van der Waals surface area contributed by atoms with Crippen molar-refractivity contribution in [1.82, 2.24) is 5.32 Å². The Labute approximate surface area is 131 Å². The summed E-state index contributed by atoms with van der Waals surface area (Å²) >= 11 is 0. The minimum atomic E-state index is 0.0608. The van der Waals surface area contributed by atoms with Gasteiger partial charge in [0.25, 0.3) is 0 Å². The van der Waals surface area contributed by atoms with E-state index in [1.807, 2.05) is 24.3 Å². The molecule has 2 fully saturated rings. The second kappa shape index (κ2) is 7.61. The molecule has 0 saturated carbocycles. The number of anilines is 1. The predicted molar refractivity (Wildman–Crippen MR) is 85.1 cm³/mol. The van der Waals surface area contributed by atoms with Crippen LogP contribution in [0.15, 0.2) is 24.3 Å². The first kappa shape index (κ1) is 15.3. The van der Waals surface area contributed by atoms with E-state index in [0.717, 1.165) is 44.0 Å². The van der Waals surface area contributed by atoms with Crippen LogP contribution in [0.5, 0.6) is 5.75 Å². The van der Waals surface area contributed by atoms with E-state index in [9.17, 15) is 4.79 Å². The van der Waals surface area contributed by atoms with Crippen molar-refractivity contribution >= 4 is 11.6 Å². The molecule has 1 amide bonds. The summed E-state index contributed by atoms with van der Waals surface area (Å²) in [5.41, 5.74) is 0.754. The molecular formula is C17H24N2O3. The van der Waals surface area contributed by atoms with Gasteiger partial charge in [-0.15, -0.1) is 0 Å². The lowest BCUT2D eigenvalue weighted by atomic mass is 10.0. The van der Waals surface area contributed by atoms with Crippen LogP contribution >= 0.6 is 0 Å². The molecule has 2 unspecified atom stereocenters. The van der Waals surface area contributed by atoms with Gasteiger partial charge < -0.3 is 20.1 Å². The average molecular weight is 304 g/mol. The van der Waals surface area contributed by atoms with Crippen LogP contribution in [0, 0.1) is 5.92 Å². The number of ether oxygens (including phenoxy) is 2. The maximum absolute atomic E-state index is 12.1. The third kappa shape index (κ3) is 4.21. The number of amides is 1. The molecule has 1 aromatic rings. The summed E-state index contributed by atoms with van der Waals surface area (Å²) < 4.78 is 11.3. The Morgan fingerprint density at radius 3 is 3.05 bits per heavy atom. The molecule has 2 heterocycles. The number of carbonyl (C=O) groups is 1. The van der Waals surface area contributed by atoms with Crippen LogP contribution in [0.4, 0.5) is 5.69 Å². The number of rotatable bonds is 6. The van der Waals surface area contributed by atoms with Gasteiger partial charge in [-0.3, -0.25) is 4.79 Å². The highest BCUT2D eigenvalue weighted by molar-refractivity contribution is 5.92. The summed E-state index contributed by atoms with van der Waals surface area (Å²) in [7, 11) is 0. The summed E-state index contributed by atoms with van der Waals surface area (Å²) in [6.45, 7) is 3.48. The first-order valence-corrected chi connectivity index (χ1v) is 8.15. The number of benzene rings is 1. The second-order valence-corrected chi connectivity index (χ2v) is 6.05. The lowest BCUT2D eigenvalue weighted by Crippen LogP contribution is -2.19. The molecule has 2 atom stereocenters. The first-order valence-electron chi connectivity index (χ1n) is 8.15. The molecule has 0 aromatic heterocycles. The molecular weight excluding hydrogens is 280 g/mol. The zero-order valence-electron chi connectivity index (χ0n) is 12.8. The van der Waals surface area contributed by atoms with E-state index < -0.39 is 0 Å². The normalized spacial score (nSPS) is 24.4. The van der Waals surface area contributed by atoms with Gasteiger partial charge in [0.2, 0.25) is 5.91 Å². The highest BCUT2D eigenvalue weighted by Gasteiger charge is 2.19. The van der Waals surface area contributed by atoms with Gasteiger partial charge in [-0.05, 0) is 44.0 Å². The van der Waals surface area contributed by atoms with E-state index >= 15 is 0 Å². The van der Waals surface area contributed by atoms with Crippen LogP contribution in [-0.4, -0.2) is 38.3 Å². The number of hydrogen-bond donors (Lipinski definition) is 2. The lowest BCUT2D eigenvalue weighted by molar-refractivity contribution is -0.116. The number of nitrogens with one attached hydrogen (secondary N) is 2. The van der Waals surface area contributed by atoms with E-state index in [0.29, 0.717) is 18.9 Å². The van der Waals surface area contributed by atoms with Gasteiger partial charge >= 0.3 is 0 Å². The minimum absolute atomic E-state index is 0.0608. The molecule has 2 saturated heterocycles. The lowest BCUT2D eigenvalue weighted by Gasteiger charge is -2.16. The Morgan fingerprint density at radius 1 is 1.36 bits per heavy atom. The molecule has 2 aliphatic heterocycles. The van der Waals surface area contributed by atoms with Crippen LogP contribution in [0.3, 0.4) is 0 Å². The van der Waals surface area contributed by atoms with Crippen LogP contribution in [-0.2, 0) is 9.53 Å². The molecule has 3 rings (SSSR count). The molecule has 5 nitrogen and oxygen atoms in total. The number of hydrogen-bond acceptors (Lipinski definition) is 4. The molecule has 0 radical (unpaired) electrons. The third-order valence-electron chi connectivity index (χ3n) is 4.28. The zero-order chi connectivity index (χ0) is 15.2. The molecule has 0 aliphatic carbocycles. The van der Waals surface area contributed by atoms with Crippen LogP contribution < -0.4 is 15.4 Å². The molecule has 5 heteroatoms. The molecule has 1 aromatic carbocycles. The largest absolute Gasteiger partial charge is 0.486 e. The van der Waals surface area contributed by atoms with Gasteiger partial charge in [0, 0.05) is 12.8 Å². The van der Waals surface area contributed by atoms with Gasteiger partial charge in [-0.1, -0.05) is 12.1 Å². The van der Waals surface area contributed by atoms with Crippen molar-refractivity contribution in [2.24, 2.45) is 5.92 Å². The highest BCUT2D eigenvalue weighted by atomic mass is 16.5. The van der Waals surface area contributed by atoms with Crippen molar-refractivity contribution < 1.29 is 14.3 Å². The van der Waals surface area contributed by atoms with E-state index in [1.165, 1.54) is 6.42 Å². The van der Waals surface area contributed by atoms with Gasteiger partial charge in [-0.2, -0.15) is 0 Å². The van der Waals surface area contributed by atoms with Gasteiger partial charge in [0.05, 0.1) is 18.9 Å². The number of carbonyl (C=O) groups excluding carboxylic acids is 1. The summed E-state index contributed by atoms with van der Waals surface area (Å²) in [5.74, 6) is 1.42. The van der Waals surface area contributed by atoms with Crippen molar-refractivity contribution in [3.63, 3.8) is 0 Å². The SMILES string of the molecule is O=C(CCC1CCNC1)Nc1ccccc1OC1CCOC1. The number of para-hydroxylation sites is 2. The van der Waals surface area contributed by atoms with E-state index in [1.54, 1.807) is 0 Å². The molecule has 2 aliphatic rings. The second-order valence-electron chi connectivity index (χ2n) is 6.05. The van der Waals surface area contributed by atoms with Gasteiger partial charge in [0.1, 0.15) is 11.9 Å². The van der Waals surface area contributed by atoms with E-state index in [2.05, 4.69) is 10.6 Å². The summed E-state index contributed by atoms with van der Waals surface area (Å²) in [5, 5.41) is 6.31. The van der Waals surface area contributed by atoms with Gasteiger partial charge in [-0.25, -0.2) is 0 Å². The van der Waals surface area contributed by atoms with Crippen molar-refractivity contribution in [3.8, 4) is 5.75 Å². The summed E-state index contributed by atoms with van der Waals surface area (Å²) in [6, 6.07) is 7.62. The van der Waals surface area contributed by atoms with Crippen molar-refractivity contribution in [3.05, 3.63) is 24.3 Å². The fourth-order valence-corrected chi connectivity index (χ4v) is 2.97. The third-order valence-corrected chi connectivity index (χ3v) is 4.28. The highest BCUT2D eigenvalue weighted by Crippen LogP contribution is 2.27. The summed E-state index contributed by atoms with van der Waals surface area (Å²) in [4.78, 5) is 12.1.